The first-order chi connectivity index (χ1) is 8.33. The van der Waals surface area contributed by atoms with E-state index in [1.807, 2.05) is 42.5 Å². The third kappa shape index (κ3) is 2.06. The molecule has 0 saturated heterocycles. The third-order valence-electron chi connectivity index (χ3n) is 2.70. The summed E-state index contributed by atoms with van der Waals surface area (Å²) in [6, 6.07) is 15.9. The lowest BCUT2D eigenvalue weighted by Gasteiger charge is -2.16. The lowest BCUT2D eigenvalue weighted by atomic mass is 10.1. The van der Waals surface area contributed by atoms with Crippen LogP contribution in [-0.4, -0.2) is 5.91 Å². The lowest BCUT2D eigenvalue weighted by Crippen LogP contribution is -2.16. The third-order valence-corrected chi connectivity index (χ3v) is 3.90. The highest BCUT2D eigenvalue weighted by molar-refractivity contribution is 7.99. The number of rotatable bonds is 0. The predicted molar refractivity (Wildman–Crippen MR) is 69.3 cm³/mol. The van der Waals surface area contributed by atoms with Gasteiger partial charge in [-0.3, -0.25) is 4.79 Å². The molecule has 1 N–H and O–H groups in total. The van der Waals surface area contributed by atoms with Crippen molar-refractivity contribution in [1.82, 2.24) is 0 Å². The standard InChI is InChI=1S/C14H11NOS/c16-14-9-10-5-1-3-7-12(10)17-13-8-4-2-6-11(13)15-14/h1-8H,9H2,(H,15,16). The molecule has 3 heteroatoms. The molecular weight excluding hydrogens is 230 g/mol. The number of carbonyl (C=O) groups excluding carboxylic acids is 1. The molecule has 1 heterocycles. The maximum absolute atomic E-state index is 11.8. The number of nitrogens with one attached hydrogen (secondary N) is 1. The van der Waals surface area contributed by atoms with Gasteiger partial charge in [-0.15, -0.1) is 0 Å². The Kier molecular flexibility index (Phi) is 2.61. The summed E-state index contributed by atoms with van der Waals surface area (Å²) in [4.78, 5) is 14.1. The molecule has 0 saturated carbocycles. The van der Waals surface area contributed by atoms with Gasteiger partial charge in [-0.1, -0.05) is 42.1 Å². The molecule has 0 atom stereocenters. The van der Waals surface area contributed by atoms with E-state index in [4.69, 9.17) is 0 Å². The fraction of sp³-hybridized carbons (Fsp3) is 0.0714. The molecule has 2 nitrogen and oxygen atoms in total. The van der Waals surface area contributed by atoms with Crippen molar-refractivity contribution in [2.45, 2.75) is 16.2 Å². The predicted octanol–water partition coefficient (Wildman–Crippen LogP) is 3.33. The maximum atomic E-state index is 11.8. The summed E-state index contributed by atoms with van der Waals surface area (Å²) in [5.74, 6) is 0.0465. The van der Waals surface area contributed by atoms with Gasteiger partial charge < -0.3 is 5.32 Å². The SMILES string of the molecule is O=C1Cc2ccccc2Sc2ccccc2N1. The smallest absolute Gasteiger partial charge is 0.228 e. The number of benzene rings is 2. The van der Waals surface area contributed by atoms with Gasteiger partial charge in [-0.25, -0.2) is 0 Å². The Hall–Kier alpha value is -1.74. The van der Waals surface area contributed by atoms with Gasteiger partial charge in [0.2, 0.25) is 5.91 Å². The topological polar surface area (TPSA) is 29.1 Å². The molecule has 0 aliphatic carbocycles. The van der Waals surface area contributed by atoms with Crippen LogP contribution in [0.15, 0.2) is 58.3 Å². The highest BCUT2D eigenvalue weighted by Crippen LogP contribution is 2.36. The van der Waals surface area contributed by atoms with Crippen molar-refractivity contribution < 1.29 is 4.79 Å². The van der Waals surface area contributed by atoms with Crippen LogP contribution in [0.4, 0.5) is 5.69 Å². The Labute approximate surface area is 104 Å². The van der Waals surface area contributed by atoms with Gasteiger partial charge in [0.15, 0.2) is 0 Å². The highest BCUT2D eigenvalue weighted by Gasteiger charge is 2.15. The molecule has 1 aliphatic heterocycles. The fourth-order valence-corrected chi connectivity index (χ4v) is 2.92. The first kappa shape index (κ1) is 10.4. The summed E-state index contributed by atoms with van der Waals surface area (Å²) in [6.07, 6.45) is 0.442. The van der Waals surface area contributed by atoms with Crippen LogP contribution in [0.25, 0.3) is 0 Å². The summed E-state index contributed by atoms with van der Waals surface area (Å²) in [6.45, 7) is 0. The lowest BCUT2D eigenvalue weighted by molar-refractivity contribution is -0.115. The van der Waals surface area contributed by atoms with Gasteiger partial charge in [0.25, 0.3) is 0 Å². The van der Waals surface area contributed by atoms with Gasteiger partial charge in [0.05, 0.1) is 12.1 Å². The molecule has 3 rings (SSSR count). The molecule has 2 aromatic carbocycles. The van der Waals surface area contributed by atoms with Gasteiger partial charge in [0.1, 0.15) is 0 Å². The Bertz CT molecular complexity index is 530. The van der Waals surface area contributed by atoms with Crippen molar-refractivity contribution in [3.05, 3.63) is 54.1 Å². The summed E-state index contributed by atoms with van der Waals surface area (Å²) < 4.78 is 0. The first-order valence-electron chi connectivity index (χ1n) is 5.47. The van der Waals surface area contributed by atoms with Gasteiger partial charge in [-0.05, 0) is 23.8 Å². The first-order valence-corrected chi connectivity index (χ1v) is 6.29. The largest absolute Gasteiger partial charge is 0.325 e. The average Bonchev–Trinajstić information content (AvgIpc) is 2.31. The van der Waals surface area contributed by atoms with E-state index in [1.54, 1.807) is 11.8 Å². The van der Waals surface area contributed by atoms with E-state index in [2.05, 4.69) is 11.4 Å². The van der Waals surface area contributed by atoms with E-state index in [1.165, 1.54) is 0 Å². The number of hydrogen-bond donors (Lipinski definition) is 1. The summed E-state index contributed by atoms with van der Waals surface area (Å²) in [5.41, 5.74) is 1.99. The van der Waals surface area contributed by atoms with E-state index in [-0.39, 0.29) is 5.91 Å². The van der Waals surface area contributed by atoms with Crippen LogP contribution in [0.5, 0.6) is 0 Å². The van der Waals surface area contributed by atoms with Crippen LogP contribution in [0.3, 0.4) is 0 Å². The zero-order valence-electron chi connectivity index (χ0n) is 9.14. The van der Waals surface area contributed by atoms with Crippen molar-refractivity contribution in [2.75, 3.05) is 5.32 Å². The number of fused-ring (bicyclic) bond motifs is 2. The number of carbonyl (C=O) groups is 1. The summed E-state index contributed by atoms with van der Waals surface area (Å²) in [5, 5.41) is 2.94. The molecule has 0 radical (unpaired) electrons. The van der Waals surface area contributed by atoms with Crippen LogP contribution in [0, 0.1) is 0 Å². The Morgan fingerprint density at radius 3 is 2.53 bits per heavy atom. The minimum atomic E-state index is 0.0465. The molecule has 84 valence electrons. The van der Waals surface area contributed by atoms with Crippen molar-refractivity contribution in [2.24, 2.45) is 0 Å². The Balaban J connectivity index is 2.12. The van der Waals surface area contributed by atoms with E-state index >= 15 is 0 Å². The molecule has 17 heavy (non-hydrogen) atoms. The van der Waals surface area contributed by atoms with E-state index in [9.17, 15) is 4.79 Å². The van der Waals surface area contributed by atoms with Crippen LogP contribution in [0.2, 0.25) is 0 Å². The van der Waals surface area contributed by atoms with E-state index < -0.39 is 0 Å². The molecule has 1 aliphatic rings. The number of hydrogen-bond acceptors (Lipinski definition) is 2. The van der Waals surface area contributed by atoms with Gasteiger partial charge in [-0.2, -0.15) is 0 Å². The molecule has 0 unspecified atom stereocenters. The van der Waals surface area contributed by atoms with Crippen molar-refractivity contribution in [3.63, 3.8) is 0 Å². The maximum Gasteiger partial charge on any atom is 0.228 e. The zero-order valence-corrected chi connectivity index (χ0v) is 9.96. The molecular formula is C14H11NOS. The van der Waals surface area contributed by atoms with Crippen molar-refractivity contribution >= 4 is 23.4 Å². The summed E-state index contributed by atoms with van der Waals surface area (Å²) in [7, 11) is 0. The highest BCUT2D eigenvalue weighted by atomic mass is 32.2. The number of amides is 1. The van der Waals surface area contributed by atoms with Crippen LogP contribution in [0.1, 0.15) is 5.56 Å². The molecule has 0 spiro atoms. The number of para-hydroxylation sites is 1. The molecule has 0 aromatic heterocycles. The normalized spacial score (nSPS) is 14.0. The molecule has 1 amide bonds. The van der Waals surface area contributed by atoms with Crippen LogP contribution >= 0.6 is 11.8 Å². The summed E-state index contributed by atoms with van der Waals surface area (Å²) >= 11 is 1.70. The fourth-order valence-electron chi connectivity index (χ4n) is 1.89. The van der Waals surface area contributed by atoms with Crippen LogP contribution < -0.4 is 5.32 Å². The second kappa shape index (κ2) is 4.26. The van der Waals surface area contributed by atoms with Crippen LogP contribution in [-0.2, 0) is 11.2 Å². The minimum Gasteiger partial charge on any atom is -0.325 e. The second-order valence-electron chi connectivity index (χ2n) is 3.93. The van der Waals surface area contributed by atoms with Crippen molar-refractivity contribution in [1.29, 1.82) is 0 Å². The Morgan fingerprint density at radius 2 is 1.65 bits per heavy atom. The second-order valence-corrected chi connectivity index (χ2v) is 5.01. The van der Waals surface area contributed by atoms with Crippen molar-refractivity contribution in [3.8, 4) is 0 Å². The average molecular weight is 241 g/mol. The molecule has 0 bridgehead atoms. The monoisotopic (exact) mass is 241 g/mol. The Morgan fingerprint density at radius 1 is 0.941 bits per heavy atom. The minimum absolute atomic E-state index is 0.0465. The van der Waals surface area contributed by atoms with Gasteiger partial charge in [0, 0.05) is 9.79 Å². The number of anilines is 1. The molecule has 0 fully saturated rings. The quantitative estimate of drug-likeness (QED) is 0.766. The van der Waals surface area contributed by atoms with Gasteiger partial charge >= 0.3 is 0 Å². The van der Waals surface area contributed by atoms with E-state index in [0.717, 1.165) is 21.0 Å². The molecule has 2 aromatic rings. The zero-order chi connectivity index (χ0) is 11.7. The van der Waals surface area contributed by atoms with E-state index in [0.29, 0.717) is 6.42 Å².